The van der Waals surface area contributed by atoms with Gasteiger partial charge in [0.15, 0.2) is 0 Å². The maximum absolute atomic E-state index is 10.3. The summed E-state index contributed by atoms with van der Waals surface area (Å²) in [5, 5.41) is 12.4. The average molecular weight is 240 g/mol. The molecule has 0 saturated carbocycles. The van der Waals surface area contributed by atoms with E-state index in [1.807, 2.05) is 36.4 Å². The van der Waals surface area contributed by atoms with Crippen molar-refractivity contribution >= 4 is 10.8 Å². The summed E-state index contributed by atoms with van der Waals surface area (Å²) in [6.07, 6.45) is 5.58. The van der Waals surface area contributed by atoms with E-state index in [9.17, 15) is 5.11 Å². The van der Waals surface area contributed by atoms with Gasteiger partial charge < -0.3 is 9.84 Å². The number of methoxy groups -OCH3 is 1. The summed E-state index contributed by atoms with van der Waals surface area (Å²) < 4.78 is 5.18. The van der Waals surface area contributed by atoms with Gasteiger partial charge in [-0.2, -0.15) is 0 Å². The van der Waals surface area contributed by atoms with E-state index in [2.05, 4.69) is 5.92 Å². The predicted octanol–water partition coefficient (Wildman–Crippen LogP) is 3.08. The molecule has 0 saturated heterocycles. The van der Waals surface area contributed by atoms with Crippen LogP contribution in [-0.2, 0) is 5.60 Å². The lowest BCUT2D eigenvalue weighted by molar-refractivity contribution is 0.0631. The summed E-state index contributed by atoms with van der Waals surface area (Å²) >= 11 is 0. The van der Waals surface area contributed by atoms with Crippen LogP contribution in [0.4, 0.5) is 0 Å². The van der Waals surface area contributed by atoms with E-state index in [0.717, 1.165) is 22.1 Å². The van der Waals surface area contributed by atoms with Crippen LogP contribution in [0.2, 0.25) is 0 Å². The van der Waals surface area contributed by atoms with Crippen molar-refractivity contribution in [2.45, 2.75) is 18.9 Å². The number of hydrogen-bond acceptors (Lipinski definition) is 2. The van der Waals surface area contributed by atoms with Crippen molar-refractivity contribution in [2.24, 2.45) is 0 Å². The average Bonchev–Trinajstić information content (AvgIpc) is 2.37. The van der Waals surface area contributed by atoms with Crippen LogP contribution in [-0.4, -0.2) is 12.2 Å². The van der Waals surface area contributed by atoms with Gasteiger partial charge in [0.2, 0.25) is 0 Å². The molecular formula is C16H16O2. The molecule has 2 rings (SSSR count). The van der Waals surface area contributed by atoms with Crippen molar-refractivity contribution in [3.8, 4) is 18.1 Å². The van der Waals surface area contributed by atoms with Crippen LogP contribution in [0.1, 0.15) is 18.9 Å². The lowest BCUT2D eigenvalue weighted by Crippen LogP contribution is -2.19. The molecule has 2 heteroatoms. The number of aliphatic hydroxyl groups is 1. The molecule has 1 N–H and O–H groups in total. The molecule has 0 radical (unpaired) electrons. The van der Waals surface area contributed by atoms with Gasteiger partial charge in [0.25, 0.3) is 0 Å². The number of terminal acetylenes is 1. The van der Waals surface area contributed by atoms with Crippen molar-refractivity contribution in [3.63, 3.8) is 0 Å². The van der Waals surface area contributed by atoms with Gasteiger partial charge in [-0.3, -0.25) is 0 Å². The molecule has 92 valence electrons. The van der Waals surface area contributed by atoms with E-state index < -0.39 is 5.60 Å². The Balaban J connectivity index is 2.49. The summed E-state index contributed by atoms with van der Waals surface area (Å²) in [4.78, 5) is 0. The largest absolute Gasteiger partial charge is 0.497 e. The summed E-state index contributed by atoms with van der Waals surface area (Å²) in [6, 6.07) is 11.7. The summed E-state index contributed by atoms with van der Waals surface area (Å²) in [5.41, 5.74) is -0.152. The zero-order valence-electron chi connectivity index (χ0n) is 10.6. The zero-order chi connectivity index (χ0) is 13.2. The summed E-state index contributed by atoms with van der Waals surface area (Å²) in [6.45, 7) is 1.73. The van der Waals surface area contributed by atoms with E-state index in [1.165, 1.54) is 0 Å². The Morgan fingerprint density at radius 1 is 1.22 bits per heavy atom. The van der Waals surface area contributed by atoms with Crippen LogP contribution >= 0.6 is 0 Å². The zero-order valence-corrected chi connectivity index (χ0v) is 10.6. The van der Waals surface area contributed by atoms with Crippen molar-refractivity contribution in [3.05, 3.63) is 42.0 Å². The third-order valence-electron chi connectivity index (χ3n) is 3.12. The van der Waals surface area contributed by atoms with E-state index >= 15 is 0 Å². The monoisotopic (exact) mass is 240 g/mol. The first kappa shape index (κ1) is 12.5. The molecule has 0 amide bonds. The standard InChI is InChI=1S/C16H16O2/c1-4-9-16(2,17)14-7-5-13-11-15(18-3)8-6-12(13)10-14/h1,5-8,10-11,17H,9H2,2-3H3/t16-/m0/s1. The smallest absolute Gasteiger partial charge is 0.119 e. The Morgan fingerprint density at radius 2 is 1.89 bits per heavy atom. The van der Waals surface area contributed by atoms with Crippen LogP contribution in [0.3, 0.4) is 0 Å². The van der Waals surface area contributed by atoms with Crippen molar-refractivity contribution < 1.29 is 9.84 Å². The van der Waals surface area contributed by atoms with Crippen molar-refractivity contribution in [1.29, 1.82) is 0 Å². The third kappa shape index (κ3) is 2.32. The number of rotatable bonds is 3. The summed E-state index contributed by atoms with van der Waals surface area (Å²) in [5.74, 6) is 3.33. The Labute approximate surface area is 107 Å². The molecule has 0 bridgehead atoms. The highest BCUT2D eigenvalue weighted by Crippen LogP contribution is 2.28. The Bertz CT molecular complexity index is 606. The fourth-order valence-electron chi connectivity index (χ4n) is 1.99. The van der Waals surface area contributed by atoms with Crippen LogP contribution in [0.15, 0.2) is 36.4 Å². The van der Waals surface area contributed by atoms with Crippen molar-refractivity contribution in [1.82, 2.24) is 0 Å². The molecule has 2 aromatic rings. The Kier molecular flexibility index (Phi) is 3.27. The molecule has 0 spiro atoms. The van der Waals surface area contributed by atoms with Gasteiger partial charge in [-0.05, 0) is 41.5 Å². The van der Waals surface area contributed by atoms with Gasteiger partial charge in [0.05, 0.1) is 12.7 Å². The van der Waals surface area contributed by atoms with Crippen LogP contribution in [0.25, 0.3) is 10.8 Å². The normalized spacial score (nSPS) is 13.9. The first-order valence-electron chi connectivity index (χ1n) is 5.81. The second kappa shape index (κ2) is 4.72. The van der Waals surface area contributed by atoms with E-state index in [1.54, 1.807) is 14.0 Å². The molecule has 2 aromatic carbocycles. The molecule has 0 unspecified atom stereocenters. The molecule has 0 aliphatic carbocycles. The quantitative estimate of drug-likeness (QED) is 0.835. The van der Waals surface area contributed by atoms with Gasteiger partial charge in [-0.1, -0.05) is 18.2 Å². The molecule has 0 aromatic heterocycles. The van der Waals surface area contributed by atoms with Gasteiger partial charge in [0, 0.05) is 6.42 Å². The minimum atomic E-state index is -0.983. The van der Waals surface area contributed by atoms with Crippen LogP contribution in [0, 0.1) is 12.3 Å². The molecular weight excluding hydrogens is 224 g/mol. The van der Waals surface area contributed by atoms with E-state index in [-0.39, 0.29) is 0 Å². The van der Waals surface area contributed by atoms with Gasteiger partial charge in [0.1, 0.15) is 5.75 Å². The second-order valence-corrected chi connectivity index (χ2v) is 4.58. The lowest BCUT2D eigenvalue weighted by Gasteiger charge is -2.21. The molecule has 1 atom stereocenters. The first-order valence-corrected chi connectivity index (χ1v) is 5.81. The highest BCUT2D eigenvalue weighted by molar-refractivity contribution is 5.84. The number of hydrogen-bond donors (Lipinski definition) is 1. The lowest BCUT2D eigenvalue weighted by atomic mass is 9.91. The fourth-order valence-corrected chi connectivity index (χ4v) is 1.99. The molecule has 0 fully saturated rings. The highest BCUT2D eigenvalue weighted by atomic mass is 16.5. The number of ether oxygens (including phenoxy) is 1. The SMILES string of the molecule is C#CC[C@](C)(O)c1ccc2cc(OC)ccc2c1. The Morgan fingerprint density at radius 3 is 2.56 bits per heavy atom. The summed E-state index contributed by atoms with van der Waals surface area (Å²) in [7, 11) is 1.65. The minimum Gasteiger partial charge on any atom is -0.497 e. The molecule has 0 heterocycles. The first-order chi connectivity index (χ1) is 8.56. The van der Waals surface area contributed by atoms with Crippen LogP contribution < -0.4 is 4.74 Å². The maximum atomic E-state index is 10.3. The van der Waals surface area contributed by atoms with Gasteiger partial charge >= 0.3 is 0 Å². The molecule has 0 aliphatic heterocycles. The van der Waals surface area contributed by atoms with E-state index in [4.69, 9.17) is 11.2 Å². The van der Waals surface area contributed by atoms with Gasteiger partial charge in [-0.15, -0.1) is 12.3 Å². The molecule has 2 nitrogen and oxygen atoms in total. The topological polar surface area (TPSA) is 29.5 Å². The maximum Gasteiger partial charge on any atom is 0.119 e. The van der Waals surface area contributed by atoms with Gasteiger partial charge in [-0.25, -0.2) is 0 Å². The second-order valence-electron chi connectivity index (χ2n) is 4.58. The van der Waals surface area contributed by atoms with Crippen LogP contribution in [0.5, 0.6) is 5.75 Å². The Hall–Kier alpha value is -1.98. The number of benzene rings is 2. The highest BCUT2D eigenvalue weighted by Gasteiger charge is 2.21. The number of fused-ring (bicyclic) bond motifs is 1. The molecule has 0 aliphatic rings. The fraction of sp³-hybridized carbons (Fsp3) is 0.250. The van der Waals surface area contributed by atoms with Crippen molar-refractivity contribution in [2.75, 3.05) is 7.11 Å². The minimum absolute atomic E-state index is 0.300. The third-order valence-corrected chi connectivity index (χ3v) is 3.12. The predicted molar refractivity (Wildman–Crippen MR) is 73.5 cm³/mol. The molecule has 18 heavy (non-hydrogen) atoms. The van der Waals surface area contributed by atoms with E-state index in [0.29, 0.717) is 6.42 Å².